The van der Waals surface area contributed by atoms with Crippen LogP contribution in [0, 0.1) is 0 Å². The molecule has 2 radical (unpaired) electrons. The first-order valence-electron chi connectivity index (χ1n) is 5.04. The second-order valence-corrected chi connectivity index (χ2v) is 3.61. The van der Waals surface area contributed by atoms with Gasteiger partial charge in [-0.25, -0.2) is 4.98 Å². The van der Waals surface area contributed by atoms with Gasteiger partial charge in [0.05, 0.1) is 0 Å². The summed E-state index contributed by atoms with van der Waals surface area (Å²) in [6.45, 7) is 0. The van der Waals surface area contributed by atoms with Gasteiger partial charge < -0.3 is 4.42 Å². The highest BCUT2D eigenvalue weighted by Gasteiger charge is 2.06. The molecule has 3 aromatic rings. The van der Waals surface area contributed by atoms with Gasteiger partial charge in [0.25, 0.3) is 0 Å². The number of nitrogens with zero attached hydrogens (tertiary/aromatic N) is 1. The molecular weight excluding hydrogens is 197 g/mol. The maximum Gasteiger partial charge on any atom is 0.227 e. The van der Waals surface area contributed by atoms with E-state index in [1.165, 1.54) is 0 Å². The second kappa shape index (κ2) is 3.52. The van der Waals surface area contributed by atoms with Crippen molar-refractivity contribution in [1.82, 2.24) is 4.98 Å². The molecule has 0 unspecified atom stereocenters. The van der Waals surface area contributed by atoms with Crippen LogP contribution in [-0.2, 0) is 0 Å². The van der Waals surface area contributed by atoms with Gasteiger partial charge >= 0.3 is 0 Å². The fourth-order valence-electron chi connectivity index (χ4n) is 1.65. The van der Waals surface area contributed by atoms with Crippen molar-refractivity contribution in [1.29, 1.82) is 0 Å². The highest BCUT2D eigenvalue weighted by Crippen LogP contribution is 2.22. The van der Waals surface area contributed by atoms with E-state index in [2.05, 4.69) is 4.98 Å². The summed E-state index contributed by atoms with van der Waals surface area (Å²) in [5.41, 5.74) is 3.20. The molecule has 0 aliphatic carbocycles. The van der Waals surface area contributed by atoms with Crippen molar-refractivity contribution < 1.29 is 4.42 Å². The molecule has 0 atom stereocenters. The Labute approximate surface area is 94.3 Å². The molecule has 74 valence electrons. The monoisotopic (exact) mass is 205 g/mol. The SMILES string of the molecule is [B]c1ccc2nc(-c3ccccc3)oc2c1. The third-order valence-corrected chi connectivity index (χ3v) is 2.43. The first-order chi connectivity index (χ1) is 7.83. The van der Waals surface area contributed by atoms with E-state index in [0.29, 0.717) is 11.4 Å². The quantitative estimate of drug-likeness (QED) is 0.569. The van der Waals surface area contributed by atoms with E-state index >= 15 is 0 Å². The molecule has 3 rings (SSSR count). The predicted octanol–water partition coefficient (Wildman–Crippen LogP) is 2.29. The van der Waals surface area contributed by atoms with E-state index in [4.69, 9.17) is 12.3 Å². The summed E-state index contributed by atoms with van der Waals surface area (Å²) in [4.78, 5) is 4.40. The Bertz CT molecular complexity index is 631. The summed E-state index contributed by atoms with van der Waals surface area (Å²) in [6.07, 6.45) is 0. The summed E-state index contributed by atoms with van der Waals surface area (Å²) in [6, 6.07) is 15.3. The minimum Gasteiger partial charge on any atom is -0.436 e. The van der Waals surface area contributed by atoms with Crippen LogP contribution in [0.5, 0.6) is 0 Å². The molecule has 3 heteroatoms. The van der Waals surface area contributed by atoms with E-state index in [1.54, 1.807) is 6.07 Å². The predicted molar refractivity (Wildman–Crippen MR) is 64.8 cm³/mol. The average Bonchev–Trinajstić information content (AvgIpc) is 2.73. The highest BCUT2D eigenvalue weighted by atomic mass is 16.3. The average molecular weight is 205 g/mol. The van der Waals surface area contributed by atoms with Gasteiger partial charge in [0.15, 0.2) is 5.58 Å². The van der Waals surface area contributed by atoms with Gasteiger partial charge in [-0.1, -0.05) is 29.7 Å². The normalized spacial score (nSPS) is 10.8. The van der Waals surface area contributed by atoms with Crippen LogP contribution in [-0.4, -0.2) is 12.8 Å². The van der Waals surface area contributed by atoms with E-state index < -0.39 is 0 Å². The van der Waals surface area contributed by atoms with E-state index in [-0.39, 0.29) is 0 Å². The van der Waals surface area contributed by atoms with Crippen molar-refractivity contribution in [2.75, 3.05) is 0 Å². The first-order valence-corrected chi connectivity index (χ1v) is 5.04. The van der Waals surface area contributed by atoms with Gasteiger partial charge in [-0.15, -0.1) is 0 Å². The van der Waals surface area contributed by atoms with Gasteiger partial charge in [0.2, 0.25) is 5.89 Å². The van der Waals surface area contributed by atoms with Crippen LogP contribution in [0.4, 0.5) is 0 Å². The number of hydrogen-bond acceptors (Lipinski definition) is 2. The molecule has 0 aliphatic heterocycles. The lowest BCUT2D eigenvalue weighted by atomic mass is 9.96. The highest BCUT2D eigenvalue weighted by molar-refractivity contribution is 6.33. The lowest BCUT2D eigenvalue weighted by Gasteiger charge is -1.91. The summed E-state index contributed by atoms with van der Waals surface area (Å²) in [5, 5.41) is 0. The molecule has 16 heavy (non-hydrogen) atoms. The lowest BCUT2D eigenvalue weighted by molar-refractivity contribution is 0.620. The molecule has 0 spiro atoms. The number of benzene rings is 2. The fraction of sp³-hybridized carbons (Fsp3) is 0. The molecule has 2 aromatic carbocycles. The molecule has 0 saturated carbocycles. The topological polar surface area (TPSA) is 26.0 Å². The van der Waals surface area contributed by atoms with E-state index in [9.17, 15) is 0 Å². The van der Waals surface area contributed by atoms with Crippen molar-refractivity contribution in [3.63, 3.8) is 0 Å². The smallest absolute Gasteiger partial charge is 0.227 e. The number of rotatable bonds is 1. The Hall–Kier alpha value is -2.03. The molecule has 0 aliphatic rings. The van der Waals surface area contributed by atoms with Crippen molar-refractivity contribution in [2.45, 2.75) is 0 Å². The first kappa shape index (κ1) is 9.22. The largest absolute Gasteiger partial charge is 0.436 e. The number of fused-ring (bicyclic) bond motifs is 1. The number of oxazole rings is 1. The maximum absolute atomic E-state index is 5.68. The molecule has 1 aromatic heterocycles. The summed E-state index contributed by atoms with van der Waals surface area (Å²) < 4.78 is 5.64. The Morgan fingerprint density at radius 1 is 1.00 bits per heavy atom. The summed E-state index contributed by atoms with van der Waals surface area (Å²) in [7, 11) is 5.68. The molecular formula is C13H8BNO. The molecule has 0 bridgehead atoms. The molecule has 2 nitrogen and oxygen atoms in total. The second-order valence-electron chi connectivity index (χ2n) is 3.61. The Morgan fingerprint density at radius 2 is 1.81 bits per heavy atom. The maximum atomic E-state index is 5.68. The third kappa shape index (κ3) is 1.50. The van der Waals surface area contributed by atoms with E-state index in [0.717, 1.165) is 16.7 Å². The molecule has 1 heterocycles. The van der Waals surface area contributed by atoms with Gasteiger partial charge in [-0.2, -0.15) is 0 Å². The molecule has 0 fully saturated rings. The van der Waals surface area contributed by atoms with Crippen molar-refractivity contribution in [3.05, 3.63) is 48.5 Å². The van der Waals surface area contributed by atoms with Crippen molar-refractivity contribution >= 4 is 24.4 Å². The third-order valence-electron chi connectivity index (χ3n) is 2.43. The van der Waals surface area contributed by atoms with Crippen LogP contribution in [0.3, 0.4) is 0 Å². The van der Waals surface area contributed by atoms with Gasteiger partial charge in [0.1, 0.15) is 13.4 Å². The fourth-order valence-corrected chi connectivity index (χ4v) is 1.65. The van der Waals surface area contributed by atoms with Crippen LogP contribution >= 0.6 is 0 Å². The van der Waals surface area contributed by atoms with Gasteiger partial charge in [-0.05, 0) is 24.3 Å². The van der Waals surface area contributed by atoms with Crippen LogP contribution in [0.1, 0.15) is 0 Å². The summed E-state index contributed by atoms with van der Waals surface area (Å²) in [5.74, 6) is 0.626. The van der Waals surface area contributed by atoms with E-state index in [1.807, 2.05) is 42.5 Å². The Kier molecular flexibility index (Phi) is 2.03. The van der Waals surface area contributed by atoms with Crippen LogP contribution in [0.15, 0.2) is 52.9 Å². The molecule has 0 amide bonds. The zero-order valence-corrected chi connectivity index (χ0v) is 8.55. The van der Waals surface area contributed by atoms with Crippen molar-refractivity contribution in [2.24, 2.45) is 0 Å². The van der Waals surface area contributed by atoms with Crippen LogP contribution in [0.25, 0.3) is 22.6 Å². The minimum absolute atomic E-state index is 0.626. The number of aromatic nitrogens is 1. The molecule has 0 saturated heterocycles. The molecule has 0 N–H and O–H groups in total. The van der Waals surface area contributed by atoms with Crippen LogP contribution < -0.4 is 5.46 Å². The zero-order chi connectivity index (χ0) is 11.0. The zero-order valence-electron chi connectivity index (χ0n) is 8.55. The summed E-state index contributed by atoms with van der Waals surface area (Å²) >= 11 is 0. The van der Waals surface area contributed by atoms with Crippen molar-refractivity contribution in [3.8, 4) is 11.5 Å². The van der Waals surface area contributed by atoms with Gasteiger partial charge in [0, 0.05) is 5.56 Å². The van der Waals surface area contributed by atoms with Gasteiger partial charge in [-0.3, -0.25) is 0 Å². The van der Waals surface area contributed by atoms with Crippen LogP contribution in [0.2, 0.25) is 0 Å². The Balaban J connectivity index is 2.19. The Morgan fingerprint density at radius 3 is 2.62 bits per heavy atom. The minimum atomic E-state index is 0.626. The number of hydrogen-bond donors (Lipinski definition) is 0. The standard InChI is InChI=1S/C13H8BNO/c14-10-6-7-11-12(8-10)16-13(15-11)9-4-2-1-3-5-9/h1-8H. The lowest BCUT2D eigenvalue weighted by Crippen LogP contribution is -1.98.